The van der Waals surface area contributed by atoms with Gasteiger partial charge in [-0.1, -0.05) is 32.0 Å². The normalized spacial score (nSPS) is 17.9. The van der Waals surface area contributed by atoms with E-state index in [9.17, 15) is 9.59 Å². The molecule has 1 heterocycles. The summed E-state index contributed by atoms with van der Waals surface area (Å²) < 4.78 is 16.5. The van der Waals surface area contributed by atoms with Gasteiger partial charge in [-0.05, 0) is 35.7 Å². The van der Waals surface area contributed by atoms with Crippen LogP contribution in [0, 0.1) is 11.8 Å². The summed E-state index contributed by atoms with van der Waals surface area (Å²) in [5.41, 5.74) is 1.48. The van der Waals surface area contributed by atoms with Crippen molar-refractivity contribution in [3.8, 4) is 17.2 Å². The Morgan fingerprint density at radius 3 is 2.16 bits per heavy atom. The predicted molar refractivity (Wildman–Crippen MR) is 123 cm³/mol. The van der Waals surface area contributed by atoms with Gasteiger partial charge in [0.15, 0.2) is 11.5 Å². The molecular weight excluding hydrogens is 408 g/mol. The Bertz CT molecular complexity index is 920. The molecule has 0 spiro atoms. The van der Waals surface area contributed by atoms with Crippen molar-refractivity contribution in [2.75, 3.05) is 41.0 Å². The minimum absolute atomic E-state index is 0.0548. The van der Waals surface area contributed by atoms with Gasteiger partial charge in [0.1, 0.15) is 0 Å². The number of likely N-dealkylation sites (tertiary alicyclic amines) is 1. The zero-order chi connectivity index (χ0) is 23.3. The van der Waals surface area contributed by atoms with Crippen LogP contribution in [0.3, 0.4) is 0 Å². The molecule has 2 aromatic carbocycles. The van der Waals surface area contributed by atoms with Crippen LogP contribution in [-0.2, 0) is 4.79 Å². The van der Waals surface area contributed by atoms with Gasteiger partial charge < -0.3 is 24.4 Å². The Hall–Kier alpha value is -3.22. The SMILES string of the molecule is COc1cc(C2CN(C(=O)c3ccccc3)CC2C(=O)NCC(C)C)cc(OC)c1OC. The highest BCUT2D eigenvalue weighted by Gasteiger charge is 2.41. The summed E-state index contributed by atoms with van der Waals surface area (Å²) in [5, 5.41) is 3.04. The molecule has 2 unspecified atom stereocenters. The number of benzene rings is 2. The summed E-state index contributed by atoms with van der Waals surface area (Å²) >= 11 is 0. The lowest BCUT2D eigenvalue weighted by Crippen LogP contribution is -2.37. The predicted octanol–water partition coefficient (Wildman–Crippen LogP) is 3.34. The number of rotatable bonds is 8. The highest BCUT2D eigenvalue weighted by Crippen LogP contribution is 2.43. The summed E-state index contributed by atoms with van der Waals surface area (Å²) in [4.78, 5) is 28.0. The standard InChI is InChI=1S/C25H32N2O5/c1-16(2)13-26-24(28)20-15-27(25(29)17-9-7-6-8-10-17)14-19(20)18-11-21(30-3)23(32-5)22(12-18)31-4/h6-12,16,19-20H,13-15H2,1-5H3,(H,26,28). The van der Waals surface area contributed by atoms with Gasteiger partial charge >= 0.3 is 0 Å². The fourth-order valence-corrected chi connectivity index (χ4v) is 4.09. The van der Waals surface area contributed by atoms with Crippen molar-refractivity contribution in [2.45, 2.75) is 19.8 Å². The summed E-state index contributed by atoms with van der Waals surface area (Å²) in [5.74, 6) is 1.15. The van der Waals surface area contributed by atoms with Crippen molar-refractivity contribution in [2.24, 2.45) is 11.8 Å². The van der Waals surface area contributed by atoms with Crippen LogP contribution in [-0.4, -0.2) is 57.7 Å². The molecule has 1 aliphatic rings. The molecule has 1 aliphatic heterocycles. The zero-order valence-corrected chi connectivity index (χ0v) is 19.4. The van der Waals surface area contributed by atoms with E-state index in [4.69, 9.17) is 14.2 Å². The van der Waals surface area contributed by atoms with Crippen molar-refractivity contribution in [3.63, 3.8) is 0 Å². The summed E-state index contributed by atoms with van der Waals surface area (Å²) in [6, 6.07) is 12.9. The lowest BCUT2D eigenvalue weighted by molar-refractivity contribution is -0.125. The minimum Gasteiger partial charge on any atom is -0.493 e. The second kappa shape index (κ2) is 10.4. The first-order valence-electron chi connectivity index (χ1n) is 10.8. The summed E-state index contributed by atoms with van der Waals surface area (Å²) in [7, 11) is 4.68. The topological polar surface area (TPSA) is 77.1 Å². The first-order valence-corrected chi connectivity index (χ1v) is 10.8. The average Bonchev–Trinajstić information content (AvgIpc) is 3.27. The Balaban J connectivity index is 1.96. The molecule has 7 nitrogen and oxygen atoms in total. The molecule has 0 radical (unpaired) electrons. The van der Waals surface area contributed by atoms with Gasteiger partial charge in [-0.25, -0.2) is 0 Å². The van der Waals surface area contributed by atoms with Crippen LogP contribution >= 0.6 is 0 Å². The van der Waals surface area contributed by atoms with Gasteiger partial charge in [0, 0.05) is 31.1 Å². The van der Waals surface area contributed by atoms with Crippen LogP contribution in [0.5, 0.6) is 17.2 Å². The maximum Gasteiger partial charge on any atom is 0.253 e. The number of nitrogens with one attached hydrogen (secondary N) is 1. The Labute approximate surface area is 189 Å². The van der Waals surface area contributed by atoms with E-state index < -0.39 is 0 Å². The molecule has 3 rings (SSSR count). The van der Waals surface area contributed by atoms with Gasteiger partial charge in [-0.15, -0.1) is 0 Å². The Morgan fingerprint density at radius 1 is 1.00 bits per heavy atom. The third-order valence-corrected chi connectivity index (χ3v) is 5.76. The van der Waals surface area contributed by atoms with E-state index >= 15 is 0 Å². The van der Waals surface area contributed by atoms with Crippen LogP contribution in [0.1, 0.15) is 35.7 Å². The monoisotopic (exact) mass is 440 g/mol. The molecule has 172 valence electrons. The van der Waals surface area contributed by atoms with E-state index in [-0.39, 0.29) is 23.7 Å². The minimum atomic E-state index is -0.385. The first kappa shape index (κ1) is 23.4. The van der Waals surface area contributed by atoms with Gasteiger partial charge in [-0.2, -0.15) is 0 Å². The lowest BCUT2D eigenvalue weighted by Gasteiger charge is -2.21. The van der Waals surface area contributed by atoms with Crippen molar-refractivity contribution in [3.05, 3.63) is 53.6 Å². The molecule has 32 heavy (non-hydrogen) atoms. The fourth-order valence-electron chi connectivity index (χ4n) is 4.09. The summed E-state index contributed by atoms with van der Waals surface area (Å²) in [6.07, 6.45) is 0. The molecule has 0 aliphatic carbocycles. The van der Waals surface area contributed by atoms with Crippen LogP contribution in [0.4, 0.5) is 0 Å². The maximum absolute atomic E-state index is 13.1. The van der Waals surface area contributed by atoms with Crippen LogP contribution in [0.15, 0.2) is 42.5 Å². The zero-order valence-electron chi connectivity index (χ0n) is 19.4. The second-order valence-corrected chi connectivity index (χ2v) is 8.39. The number of nitrogens with zero attached hydrogens (tertiary/aromatic N) is 1. The highest BCUT2D eigenvalue weighted by atomic mass is 16.5. The van der Waals surface area contributed by atoms with Gasteiger partial charge in [-0.3, -0.25) is 9.59 Å². The van der Waals surface area contributed by atoms with E-state index in [0.29, 0.717) is 48.4 Å². The van der Waals surface area contributed by atoms with Gasteiger partial charge in [0.2, 0.25) is 11.7 Å². The van der Waals surface area contributed by atoms with Crippen molar-refractivity contribution < 1.29 is 23.8 Å². The smallest absolute Gasteiger partial charge is 0.253 e. The van der Waals surface area contributed by atoms with Crippen molar-refractivity contribution in [1.29, 1.82) is 0 Å². The number of ether oxygens (including phenoxy) is 3. The van der Waals surface area contributed by atoms with E-state index in [1.165, 1.54) is 0 Å². The second-order valence-electron chi connectivity index (χ2n) is 8.39. The molecule has 1 N–H and O–H groups in total. The van der Waals surface area contributed by atoms with Crippen LogP contribution in [0.2, 0.25) is 0 Å². The largest absolute Gasteiger partial charge is 0.493 e. The molecule has 2 atom stereocenters. The molecular formula is C25H32N2O5. The molecule has 7 heteroatoms. The molecule has 0 saturated carbocycles. The van der Waals surface area contributed by atoms with Crippen molar-refractivity contribution in [1.82, 2.24) is 10.2 Å². The first-order chi connectivity index (χ1) is 15.4. The molecule has 2 amide bonds. The summed E-state index contributed by atoms with van der Waals surface area (Å²) in [6.45, 7) is 5.46. The highest BCUT2D eigenvalue weighted by molar-refractivity contribution is 5.95. The number of hydrogen-bond acceptors (Lipinski definition) is 5. The molecule has 0 aromatic heterocycles. The molecule has 0 bridgehead atoms. The van der Waals surface area contributed by atoms with Gasteiger partial charge in [0.25, 0.3) is 5.91 Å². The van der Waals surface area contributed by atoms with Crippen LogP contribution in [0.25, 0.3) is 0 Å². The number of methoxy groups -OCH3 is 3. The van der Waals surface area contributed by atoms with E-state index in [0.717, 1.165) is 5.56 Å². The Kier molecular flexibility index (Phi) is 7.62. The third-order valence-electron chi connectivity index (χ3n) is 5.76. The number of carbonyl (C=O) groups excluding carboxylic acids is 2. The third kappa shape index (κ3) is 4.98. The lowest BCUT2D eigenvalue weighted by atomic mass is 9.87. The maximum atomic E-state index is 13.1. The number of hydrogen-bond donors (Lipinski definition) is 1. The molecule has 1 fully saturated rings. The average molecular weight is 441 g/mol. The van der Waals surface area contributed by atoms with Gasteiger partial charge in [0.05, 0.1) is 27.2 Å². The molecule has 2 aromatic rings. The fraction of sp³-hybridized carbons (Fsp3) is 0.440. The Morgan fingerprint density at radius 2 is 1.62 bits per heavy atom. The quantitative estimate of drug-likeness (QED) is 0.681. The number of amides is 2. The van der Waals surface area contributed by atoms with E-state index in [2.05, 4.69) is 19.2 Å². The van der Waals surface area contributed by atoms with Crippen molar-refractivity contribution >= 4 is 11.8 Å². The molecule has 1 saturated heterocycles. The van der Waals surface area contributed by atoms with E-state index in [1.807, 2.05) is 30.3 Å². The van der Waals surface area contributed by atoms with Crippen LogP contribution < -0.4 is 19.5 Å². The number of carbonyl (C=O) groups is 2. The van der Waals surface area contributed by atoms with E-state index in [1.54, 1.807) is 38.4 Å².